The fourth-order valence-electron chi connectivity index (χ4n) is 2.16. The first kappa shape index (κ1) is 16.1. The van der Waals surface area contributed by atoms with Crippen LogP contribution in [0.2, 0.25) is 5.02 Å². The van der Waals surface area contributed by atoms with E-state index in [1.165, 1.54) is 0 Å². The average Bonchev–Trinajstić information content (AvgIpc) is 2.82. The molecule has 0 bridgehead atoms. The maximum atomic E-state index is 12.4. The smallest absolute Gasteiger partial charge is 0.268 e. The maximum Gasteiger partial charge on any atom is 0.268 e. The Morgan fingerprint density at radius 1 is 1.24 bits per heavy atom. The van der Waals surface area contributed by atoms with E-state index >= 15 is 0 Å². The minimum atomic E-state index is -0.119. The van der Waals surface area contributed by atoms with E-state index < -0.39 is 0 Å². The van der Waals surface area contributed by atoms with Gasteiger partial charge < -0.3 is 9.88 Å². The molecular weight excluding hydrogens is 352 g/mol. The number of halogens is 2. The van der Waals surface area contributed by atoms with Gasteiger partial charge in [-0.15, -0.1) is 0 Å². The molecule has 5 heteroatoms. The predicted octanol–water partition coefficient (Wildman–Crippen LogP) is 4.98. The van der Waals surface area contributed by atoms with Gasteiger partial charge in [0, 0.05) is 16.7 Å². The van der Waals surface area contributed by atoms with Crippen molar-refractivity contribution >= 4 is 33.4 Å². The van der Waals surface area contributed by atoms with Gasteiger partial charge in [0.15, 0.2) is 0 Å². The molecule has 1 amide bonds. The molecule has 1 aromatic carbocycles. The monoisotopic (exact) mass is 368 g/mol. The second-order valence-corrected chi connectivity index (χ2v) is 6.64. The number of carbonyl (C=O) groups excluding carboxylic acids is 1. The van der Waals surface area contributed by atoms with Crippen molar-refractivity contribution in [3.05, 3.63) is 57.3 Å². The van der Waals surface area contributed by atoms with E-state index in [-0.39, 0.29) is 18.0 Å². The molecule has 2 aromatic rings. The van der Waals surface area contributed by atoms with Crippen molar-refractivity contribution in [2.75, 3.05) is 0 Å². The summed E-state index contributed by atoms with van der Waals surface area (Å²) in [4.78, 5) is 12.4. The van der Waals surface area contributed by atoms with Gasteiger partial charge in [-0.2, -0.15) is 0 Å². The molecule has 112 valence electrons. The Balaban J connectivity index is 2.16. The standard InChI is InChI=1S/C16H18BrClN2O/c1-10(2)20-9-14(18)8-15(20)16(21)19-11(3)12-4-6-13(17)7-5-12/h4-11H,1-3H3,(H,19,21). The van der Waals surface area contributed by atoms with Crippen LogP contribution in [0.1, 0.15) is 48.9 Å². The number of benzene rings is 1. The van der Waals surface area contributed by atoms with Crippen LogP contribution in [-0.2, 0) is 0 Å². The Morgan fingerprint density at radius 2 is 1.86 bits per heavy atom. The Hall–Kier alpha value is -1.26. The zero-order valence-electron chi connectivity index (χ0n) is 12.2. The molecule has 1 atom stereocenters. The van der Waals surface area contributed by atoms with Gasteiger partial charge in [-0.25, -0.2) is 0 Å². The van der Waals surface area contributed by atoms with Crippen LogP contribution in [0.4, 0.5) is 0 Å². The molecule has 0 fully saturated rings. The predicted molar refractivity (Wildman–Crippen MR) is 89.9 cm³/mol. The van der Waals surface area contributed by atoms with Gasteiger partial charge in [-0.05, 0) is 44.5 Å². The first-order valence-corrected chi connectivity index (χ1v) is 7.99. The average molecular weight is 370 g/mol. The Morgan fingerprint density at radius 3 is 2.43 bits per heavy atom. The van der Waals surface area contributed by atoms with E-state index in [2.05, 4.69) is 21.2 Å². The van der Waals surface area contributed by atoms with Crippen LogP contribution in [0.15, 0.2) is 41.0 Å². The minimum absolute atomic E-state index is 0.0695. The zero-order chi connectivity index (χ0) is 15.6. The van der Waals surface area contributed by atoms with Gasteiger partial charge in [0.25, 0.3) is 5.91 Å². The quantitative estimate of drug-likeness (QED) is 0.810. The van der Waals surface area contributed by atoms with Crippen molar-refractivity contribution in [2.24, 2.45) is 0 Å². The lowest BCUT2D eigenvalue weighted by atomic mass is 10.1. The van der Waals surface area contributed by atoms with Crippen molar-refractivity contribution in [1.82, 2.24) is 9.88 Å². The van der Waals surface area contributed by atoms with Gasteiger partial charge in [0.05, 0.1) is 11.1 Å². The number of amides is 1. The first-order chi connectivity index (χ1) is 9.88. The molecule has 1 unspecified atom stereocenters. The van der Waals surface area contributed by atoms with E-state index in [9.17, 15) is 4.79 Å². The molecule has 0 aliphatic heterocycles. The normalized spacial score (nSPS) is 12.5. The van der Waals surface area contributed by atoms with Crippen LogP contribution in [0, 0.1) is 0 Å². The number of aromatic nitrogens is 1. The summed E-state index contributed by atoms with van der Waals surface area (Å²) < 4.78 is 2.90. The molecule has 0 saturated carbocycles. The maximum absolute atomic E-state index is 12.4. The molecule has 0 radical (unpaired) electrons. The van der Waals surface area contributed by atoms with Crippen LogP contribution in [0.3, 0.4) is 0 Å². The molecule has 1 aromatic heterocycles. The summed E-state index contributed by atoms with van der Waals surface area (Å²) in [6.45, 7) is 6.00. The van der Waals surface area contributed by atoms with Gasteiger partial charge in [-0.3, -0.25) is 4.79 Å². The van der Waals surface area contributed by atoms with Crippen LogP contribution in [-0.4, -0.2) is 10.5 Å². The van der Waals surface area contributed by atoms with Crippen LogP contribution in [0.25, 0.3) is 0 Å². The highest BCUT2D eigenvalue weighted by Gasteiger charge is 2.17. The van der Waals surface area contributed by atoms with E-state index in [0.29, 0.717) is 10.7 Å². The molecule has 21 heavy (non-hydrogen) atoms. The lowest BCUT2D eigenvalue weighted by Crippen LogP contribution is -2.28. The Labute approximate surface area is 138 Å². The fraction of sp³-hybridized carbons (Fsp3) is 0.312. The highest BCUT2D eigenvalue weighted by atomic mass is 79.9. The molecule has 1 heterocycles. The highest BCUT2D eigenvalue weighted by Crippen LogP contribution is 2.21. The highest BCUT2D eigenvalue weighted by molar-refractivity contribution is 9.10. The zero-order valence-corrected chi connectivity index (χ0v) is 14.6. The van der Waals surface area contributed by atoms with E-state index in [1.54, 1.807) is 12.3 Å². The second kappa shape index (κ2) is 6.67. The molecule has 0 saturated heterocycles. The third-order valence-corrected chi connectivity index (χ3v) is 4.06. The summed E-state index contributed by atoms with van der Waals surface area (Å²) in [5.74, 6) is -0.119. The van der Waals surface area contributed by atoms with E-state index in [4.69, 9.17) is 11.6 Å². The summed E-state index contributed by atoms with van der Waals surface area (Å²) >= 11 is 9.42. The third kappa shape index (κ3) is 3.89. The number of carbonyl (C=O) groups is 1. The molecule has 0 aliphatic carbocycles. The lowest BCUT2D eigenvalue weighted by Gasteiger charge is -2.17. The number of rotatable bonds is 4. The van der Waals surface area contributed by atoms with Crippen LogP contribution >= 0.6 is 27.5 Å². The van der Waals surface area contributed by atoms with Crippen LogP contribution in [0.5, 0.6) is 0 Å². The van der Waals surface area contributed by atoms with E-state index in [0.717, 1.165) is 10.0 Å². The van der Waals surface area contributed by atoms with Crippen molar-refractivity contribution in [3.63, 3.8) is 0 Å². The number of nitrogens with zero attached hydrogens (tertiary/aromatic N) is 1. The summed E-state index contributed by atoms with van der Waals surface area (Å²) in [7, 11) is 0. The lowest BCUT2D eigenvalue weighted by molar-refractivity contribution is 0.0929. The molecule has 3 nitrogen and oxygen atoms in total. The summed E-state index contributed by atoms with van der Waals surface area (Å²) in [5, 5.41) is 3.58. The molecular formula is C16H18BrClN2O. The fourth-order valence-corrected chi connectivity index (χ4v) is 2.63. The molecule has 2 rings (SSSR count). The van der Waals surface area contributed by atoms with E-state index in [1.807, 2.05) is 49.6 Å². The first-order valence-electron chi connectivity index (χ1n) is 6.82. The summed E-state index contributed by atoms with van der Waals surface area (Å²) in [6.07, 6.45) is 1.78. The van der Waals surface area contributed by atoms with Crippen LogP contribution < -0.4 is 5.32 Å². The Bertz CT molecular complexity index is 634. The van der Waals surface area contributed by atoms with Gasteiger partial charge >= 0.3 is 0 Å². The largest absolute Gasteiger partial charge is 0.344 e. The summed E-state index contributed by atoms with van der Waals surface area (Å²) in [5.41, 5.74) is 1.64. The molecule has 1 N–H and O–H groups in total. The van der Waals surface area contributed by atoms with Gasteiger partial charge in [-0.1, -0.05) is 39.7 Å². The second-order valence-electron chi connectivity index (χ2n) is 5.29. The molecule has 0 aliphatic rings. The Kier molecular flexibility index (Phi) is 5.12. The topological polar surface area (TPSA) is 34.0 Å². The minimum Gasteiger partial charge on any atom is -0.344 e. The third-order valence-electron chi connectivity index (χ3n) is 3.32. The number of hydrogen-bond acceptors (Lipinski definition) is 1. The summed E-state index contributed by atoms with van der Waals surface area (Å²) in [6, 6.07) is 9.72. The van der Waals surface area contributed by atoms with Gasteiger partial charge in [0.2, 0.25) is 0 Å². The van der Waals surface area contributed by atoms with Gasteiger partial charge in [0.1, 0.15) is 5.69 Å². The molecule has 0 spiro atoms. The van der Waals surface area contributed by atoms with Crippen molar-refractivity contribution in [2.45, 2.75) is 32.9 Å². The van der Waals surface area contributed by atoms with Crippen molar-refractivity contribution in [1.29, 1.82) is 0 Å². The number of nitrogens with one attached hydrogen (secondary N) is 1. The van der Waals surface area contributed by atoms with Crippen molar-refractivity contribution in [3.8, 4) is 0 Å². The number of hydrogen-bond donors (Lipinski definition) is 1. The van der Waals surface area contributed by atoms with Crippen molar-refractivity contribution < 1.29 is 4.79 Å². The SMILES string of the molecule is CC(NC(=O)c1cc(Cl)cn1C(C)C)c1ccc(Br)cc1.